The zero-order valence-electron chi connectivity index (χ0n) is 11.6. The van der Waals surface area contributed by atoms with Gasteiger partial charge in [0.05, 0.1) is 44.4 Å². The van der Waals surface area contributed by atoms with Gasteiger partial charge in [-0.05, 0) is 6.07 Å². The van der Waals surface area contributed by atoms with Crippen LogP contribution in [-0.4, -0.2) is 55.9 Å². The van der Waals surface area contributed by atoms with Gasteiger partial charge in [-0.25, -0.2) is 4.98 Å². The summed E-state index contributed by atoms with van der Waals surface area (Å²) in [6.07, 6.45) is 2.70. The fourth-order valence-corrected chi connectivity index (χ4v) is 2.32. The maximum absolute atomic E-state index is 5.85. The van der Waals surface area contributed by atoms with Crippen molar-refractivity contribution in [1.29, 1.82) is 0 Å². The maximum Gasteiger partial charge on any atom is 0.149 e. The summed E-state index contributed by atoms with van der Waals surface area (Å²) in [5.41, 5.74) is 12.7. The van der Waals surface area contributed by atoms with Gasteiger partial charge in [0.25, 0.3) is 0 Å². The molecule has 0 unspecified atom stereocenters. The summed E-state index contributed by atoms with van der Waals surface area (Å²) in [7, 11) is 2.29. The monoisotopic (exact) mass is 266 g/mol. The number of likely N-dealkylation sites (N-methyl/N-ethyl adjacent to an activating group) is 1. The number of pyridine rings is 1. The number of anilines is 3. The molecule has 6 heteroatoms. The van der Waals surface area contributed by atoms with Crippen LogP contribution in [0.5, 0.6) is 0 Å². The van der Waals surface area contributed by atoms with Crippen LogP contribution in [0.15, 0.2) is 12.3 Å². The minimum Gasteiger partial charge on any atom is -0.397 e. The summed E-state index contributed by atoms with van der Waals surface area (Å²) < 4.78 is 6.49. The molecule has 0 aliphatic carbocycles. The Morgan fingerprint density at radius 3 is 2.79 bits per heavy atom. The van der Waals surface area contributed by atoms with Crippen molar-refractivity contribution in [3.8, 4) is 0 Å². The highest BCUT2D eigenvalue weighted by Gasteiger charge is 2.24. The van der Waals surface area contributed by atoms with Gasteiger partial charge in [0.2, 0.25) is 0 Å². The van der Waals surface area contributed by atoms with E-state index in [0.717, 1.165) is 56.1 Å². The van der Waals surface area contributed by atoms with Crippen LogP contribution in [0, 0.1) is 0 Å². The van der Waals surface area contributed by atoms with Gasteiger partial charge in [-0.3, -0.25) is 0 Å². The number of hydrogen-bond donors (Lipinski definition) is 3. The Kier molecular flexibility index (Phi) is 4.44. The first-order chi connectivity index (χ1) is 9.09. The third-order valence-electron chi connectivity index (χ3n) is 3.66. The standard InChI is InChI=1S/C13H24N5O/c1-18(5-7-19-8-6-18)4-2-3-16-13-12(15)9-11(14)10-17-13/h9-10H,2-8,14-15H2,1H3,(H,16,17)/q+1. The van der Waals surface area contributed by atoms with Crippen LogP contribution >= 0.6 is 0 Å². The second-order valence-electron chi connectivity index (χ2n) is 5.39. The van der Waals surface area contributed by atoms with E-state index >= 15 is 0 Å². The largest absolute Gasteiger partial charge is 0.397 e. The number of morpholine rings is 1. The van der Waals surface area contributed by atoms with E-state index in [0.29, 0.717) is 11.4 Å². The van der Waals surface area contributed by atoms with E-state index in [2.05, 4.69) is 17.3 Å². The smallest absolute Gasteiger partial charge is 0.149 e. The Bertz CT molecular complexity index is 417. The van der Waals surface area contributed by atoms with E-state index < -0.39 is 0 Å². The first-order valence-corrected chi connectivity index (χ1v) is 6.75. The molecule has 19 heavy (non-hydrogen) atoms. The minimum atomic E-state index is 0.592. The fraction of sp³-hybridized carbons (Fsp3) is 0.615. The summed E-state index contributed by atoms with van der Waals surface area (Å²) in [5, 5.41) is 3.26. The lowest BCUT2D eigenvalue weighted by molar-refractivity contribution is -0.916. The Balaban J connectivity index is 1.74. The summed E-state index contributed by atoms with van der Waals surface area (Å²) in [6, 6.07) is 1.73. The number of quaternary nitrogens is 1. The lowest BCUT2D eigenvalue weighted by Gasteiger charge is -2.37. The minimum absolute atomic E-state index is 0.592. The molecule has 6 nitrogen and oxygen atoms in total. The molecule has 1 aliphatic heterocycles. The average molecular weight is 266 g/mol. The Morgan fingerprint density at radius 1 is 1.37 bits per heavy atom. The molecule has 0 amide bonds. The van der Waals surface area contributed by atoms with Crippen molar-refractivity contribution in [3.63, 3.8) is 0 Å². The third-order valence-corrected chi connectivity index (χ3v) is 3.66. The first-order valence-electron chi connectivity index (χ1n) is 6.75. The van der Waals surface area contributed by atoms with Gasteiger partial charge < -0.3 is 26.0 Å². The van der Waals surface area contributed by atoms with Crippen molar-refractivity contribution in [2.75, 3.05) is 63.2 Å². The summed E-state index contributed by atoms with van der Waals surface area (Å²) in [5.74, 6) is 0.721. The number of nitrogens with zero attached hydrogens (tertiary/aromatic N) is 2. The van der Waals surface area contributed by atoms with Gasteiger partial charge in [0, 0.05) is 13.0 Å². The van der Waals surface area contributed by atoms with Crippen LogP contribution in [0.25, 0.3) is 0 Å². The molecule has 106 valence electrons. The van der Waals surface area contributed by atoms with Crippen molar-refractivity contribution in [2.24, 2.45) is 0 Å². The van der Waals surface area contributed by atoms with Gasteiger partial charge in [0.15, 0.2) is 0 Å². The van der Waals surface area contributed by atoms with Crippen LogP contribution in [-0.2, 0) is 4.74 Å². The number of hydrogen-bond acceptors (Lipinski definition) is 5. The molecular weight excluding hydrogens is 242 g/mol. The zero-order chi connectivity index (χ0) is 13.7. The highest BCUT2D eigenvalue weighted by Crippen LogP contribution is 2.17. The molecule has 2 heterocycles. The molecule has 1 aromatic heterocycles. The van der Waals surface area contributed by atoms with Crippen molar-refractivity contribution >= 4 is 17.2 Å². The highest BCUT2D eigenvalue weighted by atomic mass is 16.5. The first kappa shape index (κ1) is 13.9. The van der Waals surface area contributed by atoms with Gasteiger partial charge in [-0.15, -0.1) is 0 Å². The van der Waals surface area contributed by atoms with Gasteiger partial charge in [0.1, 0.15) is 18.9 Å². The van der Waals surface area contributed by atoms with Crippen molar-refractivity contribution in [2.45, 2.75) is 6.42 Å². The summed E-state index contributed by atoms with van der Waals surface area (Å²) >= 11 is 0. The lowest BCUT2D eigenvalue weighted by atomic mass is 10.3. The van der Waals surface area contributed by atoms with E-state index in [1.54, 1.807) is 12.3 Å². The van der Waals surface area contributed by atoms with Crippen LogP contribution in [0.3, 0.4) is 0 Å². The Morgan fingerprint density at radius 2 is 2.11 bits per heavy atom. The molecule has 0 bridgehead atoms. The predicted octanol–water partition coefficient (Wildman–Crippen LogP) is 0.525. The van der Waals surface area contributed by atoms with E-state index in [1.807, 2.05) is 0 Å². The van der Waals surface area contributed by atoms with Gasteiger partial charge >= 0.3 is 0 Å². The SMILES string of the molecule is C[N+]1(CCCNc2ncc(N)cc2N)CCOCC1. The second-order valence-corrected chi connectivity index (χ2v) is 5.39. The van der Waals surface area contributed by atoms with E-state index in [1.165, 1.54) is 0 Å². The molecule has 0 saturated carbocycles. The predicted molar refractivity (Wildman–Crippen MR) is 77.8 cm³/mol. The van der Waals surface area contributed by atoms with Crippen LogP contribution in [0.2, 0.25) is 0 Å². The van der Waals surface area contributed by atoms with Crippen molar-refractivity contribution in [1.82, 2.24) is 4.98 Å². The number of ether oxygens (including phenoxy) is 1. The van der Waals surface area contributed by atoms with Crippen LogP contribution < -0.4 is 16.8 Å². The zero-order valence-corrected chi connectivity index (χ0v) is 11.6. The van der Waals surface area contributed by atoms with Gasteiger partial charge in [-0.1, -0.05) is 0 Å². The number of nitrogens with two attached hydrogens (primary N) is 2. The molecule has 1 fully saturated rings. The Hall–Kier alpha value is -1.53. The second kappa shape index (κ2) is 6.08. The molecule has 0 spiro atoms. The maximum atomic E-state index is 5.85. The molecule has 0 atom stereocenters. The van der Waals surface area contributed by atoms with Crippen LogP contribution in [0.1, 0.15) is 6.42 Å². The fourth-order valence-electron chi connectivity index (χ4n) is 2.32. The van der Waals surface area contributed by atoms with E-state index in [-0.39, 0.29) is 0 Å². The highest BCUT2D eigenvalue weighted by molar-refractivity contribution is 5.65. The molecule has 0 aromatic carbocycles. The number of rotatable bonds is 5. The topological polar surface area (TPSA) is 86.2 Å². The quantitative estimate of drug-likeness (QED) is 0.534. The van der Waals surface area contributed by atoms with Crippen molar-refractivity contribution < 1.29 is 9.22 Å². The van der Waals surface area contributed by atoms with Crippen LogP contribution in [0.4, 0.5) is 17.2 Å². The third kappa shape index (κ3) is 3.97. The molecule has 2 rings (SSSR count). The molecule has 1 aromatic rings. The number of nitrogen functional groups attached to an aromatic ring is 2. The average Bonchev–Trinajstić information content (AvgIpc) is 2.37. The number of aromatic nitrogens is 1. The number of nitrogens with one attached hydrogen (secondary N) is 1. The summed E-state index contributed by atoms with van der Waals surface area (Å²) in [4.78, 5) is 4.19. The molecule has 1 saturated heterocycles. The molecular formula is C13H24N5O+. The Labute approximate surface area is 114 Å². The van der Waals surface area contributed by atoms with Crippen molar-refractivity contribution in [3.05, 3.63) is 12.3 Å². The normalized spacial score (nSPS) is 18.2. The van der Waals surface area contributed by atoms with E-state index in [9.17, 15) is 0 Å². The van der Waals surface area contributed by atoms with Gasteiger partial charge in [-0.2, -0.15) is 0 Å². The van der Waals surface area contributed by atoms with E-state index in [4.69, 9.17) is 16.2 Å². The lowest BCUT2D eigenvalue weighted by Crippen LogP contribution is -2.52. The molecule has 0 radical (unpaired) electrons. The summed E-state index contributed by atoms with van der Waals surface area (Å²) in [6.45, 7) is 5.96. The molecule has 5 N–H and O–H groups in total. The molecule has 1 aliphatic rings.